The summed E-state index contributed by atoms with van der Waals surface area (Å²) in [6.07, 6.45) is 8.68. The van der Waals surface area contributed by atoms with Crippen molar-refractivity contribution >= 4 is 17.3 Å². The van der Waals surface area contributed by atoms with Crippen LogP contribution in [-0.4, -0.2) is 32.2 Å². The maximum Gasteiger partial charge on any atom is 0.338 e. The van der Waals surface area contributed by atoms with Crippen LogP contribution in [0.4, 0.5) is 11.4 Å². The number of methoxy groups -OCH3 is 2. The standard InChI is InChI=1S/C27H30N2O3/c1-29(25-9-4-5-10-26(25)31-2)22-13-14-23-19(7-6-8-20(23)17-22)11-12-21-18-28-16-15-24(21)27(30)32-3/h4-5,9-10,13-19H,6-8,11-12H2,1-3H3/t19-/m0/s1. The van der Waals surface area contributed by atoms with E-state index < -0.39 is 0 Å². The van der Waals surface area contributed by atoms with Crippen LogP contribution in [0.15, 0.2) is 60.9 Å². The van der Waals surface area contributed by atoms with E-state index in [1.165, 1.54) is 31.1 Å². The van der Waals surface area contributed by atoms with Gasteiger partial charge in [-0.25, -0.2) is 4.79 Å². The number of anilines is 2. The lowest BCUT2D eigenvalue weighted by molar-refractivity contribution is 0.0599. The van der Waals surface area contributed by atoms with Crippen molar-refractivity contribution in [3.8, 4) is 5.75 Å². The molecule has 5 nitrogen and oxygen atoms in total. The molecule has 166 valence electrons. The van der Waals surface area contributed by atoms with E-state index in [9.17, 15) is 4.79 Å². The number of para-hydroxylation sites is 2. The highest BCUT2D eigenvalue weighted by atomic mass is 16.5. The molecule has 5 heteroatoms. The molecule has 0 aliphatic heterocycles. The van der Waals surface area contributed by atoms with Crippen molar-refractivity contribution in [3.63, 3.8) is 0 Å². The van der Waals surface area contributed by atoms with Gasteiger partial charge in [-0.05, 0) is 85.0 Å². The summed E-state index contributed by atoms with van der Waals surface area (Å²) in [7, 11) is 5.21. The fourth-order valence-corrected chi connectivity index (χ4v) is 4.72. The first-order chi connectivity index (χ1) is 15.6. The maximum absolute atomic E-state index is 12.1. The Hall–Kier alpha value is -3.34. The molecule has 1 heterocycles. The summed E-state index contributed by atoms with van der Waals surface area (Å²) in [6.45, 7) is 0. The van der Waals surface area contributed by atoms with Gasteiger partial charge in [0.05, 0.1) is 25.5 Å². The van der Waals surface area contributed by atoms with Crippen molar-refractivity contribution in [2.45, 2.75) is 38.0 Å². The first-order valence-electron chi connectivity index (χ1n) is 11.1. The lowest BCUT2D eigenvalue weighted by Gasteiger charge is -2.28. The van der Waals surface area contributed by atoms with E-state index in [0.29, 0.717) is 11.5 Å². The van der Waals surface area contributed by atoms with E-state index in [1.807, 2.05) is 18.2 Å². The molecule has 4 rings (SSSR count). The van der Waals surface area contributed by atoms with Crippen LogP contribution in [0.5, 0.6) is 5.75 Å². The van der Waals surface area contributed by atoms with E-state index in [0.717, 1.165) is 42.0 Å². The Morgan fingerprint density at radius 3 is 2.81 bits per heavy atom. The highest BCUT2D eigenvalue weighted by molar-refractivity contribution is 5.90. The zero-order valence-electron chi connectivity index (χ0n) is 19.0. The highest BCUT2D eigenvalue weighted by Gasteiger charge is 2.22. The number of aromatic nitrogens is 1. The van der Waals surface area contributed by atoms with Crippen LogP contribution in [-0.2, 0) is 17.6 Å². The molecule has 1 aromatic heterocycles. The predicted octanol–water partition coefficient (Wildman–Crippen LogP) is 5.70. The minimum absolute atomic E-state index is 0.296. The predicted molar refractivity (Wildman–Crippen MR) is 127 cm³/mol. The smallest absolute Gasteiger partial charge is 0.338 e. The van der Waals surface area contributed by atoms with Gasteiger partial charge in [-0.2, -0.15) is 0 Å². The van der Waals surface area contributed by atoms with Crippen molar-refractivity contribution in [2.75, 3.05) is 26.2 Å². The van der Waals surface area contributed by atoms with Gasteiger partial charge in [-0.15, -0.1) is 0 Å². The van der Waals surface area contributed by atoms with Crippen LogP contribution in [0.2, 0.25) is 0 Å². The van der Waals surface area contributed by atoms with E-state index in [1.54, 1.807) is 25.6 Å². The molecule has 2 aromatic carbocycles. The Balaban J connectivity index is 1.54. The number of aryl methyl sites for hydroxylation is 2. The first kappa shape index (κ1) is 21.9. The Bertz CT molecular complexity index is 1100. The largest absolute Gasteiger partial charge is 0.495 e. The number of hydrogen-bond acceptors (Lipinski definition) is 5. The number of pyridine rings is 1. The molecule has 1 aliphatic carbocycles. The number of carbonyl (C=O) groups is 1. The number of carbonyl (C=O) groups excluding carboxylic acids is 1. The fourth-order valence-electron chi connectivity index (χ4n) is 4.72. The van der Waals surface area contributed by atoms with Gasteiger partial charge in [0.25, 0.3) is 0 Å². The van der Waals surface area contributed by atoms with Crippen molar-refractivity contribution in [3.05, 3.63) is 83.2 Å². The Morgan fingerprint density at radius 1 is 1.16 bits per heavy atom. The van der Waals surface area contributed by atoms with Gasteiger partial charge in [-0.1, -0.05) is 18.2 Å². The zero-order chi connectivity index (χ0) is 22.5. The van der Waals surface area contributed by atoms with E-state index >= 15 is 0 Å². The van der Waals surface area contributed by atoms with Crippen molar-refractivity contribution in [1.82, 2.24) is 4.98 Å². The first-order valence-corrected chi connectivity index (χ1v) is 11.1. The third-order valence-corrected chi connectivity index (χ3v) is 6.47. The van der Waals surface area contributed by atoms with Gasteiger partial charge >= 0.3 is 5.97 Å². The fraction of sp³-hybridized carbons (Fsp3) is 0.333. The van der Waals surface area contributed by atoms with Crippen LogP contribution in [0.3, 0.4) is 0 Å². The molecule has 0 spiro atoms. The average Bonchev–Trinajstić information content (AvgIpc) is 2.86. The zero-order valence-corrected chi connectivity index (χ0v) is 19.0. The molecule has 3 aromatic rings. The second kappa shape index (κ2) is 9.86. The summed E-state index contributed by atoms with van der Waals surface area (Å²) in [4.78, 5) is 18.5. The Labute approximate surface area is 190 Å². The van der Waals surface area contributed by atoms with Crippen LogP contribution >= 0.6 is 0 Å². The van der Waals surface area contributed by atoms with Gasteiger partial charge in [0.2, 0.25) is 0 Å². The number of nitrogens with zero attached hydrogens (tertiary/aromatic N) is 2. The molecule has 32 heavy (non-hydrogen) atoms. The van der Waals surface area contributed by atoms with Crippen LogP contribution in [0.25, 0.3) is 0 Å². The van der Waals surface area contributed by atoms with Gasteiger partial charge in [-0.3, -0.25) is 4.98 Å². The minimum atomic E-state index is -0.296. The average molecular weight is 431 g/mol. The van der Waals surface area contributed by atoms with Gasteiger partial charge in [0, 0.05) is 25.1 Å². The summed E-state index contributed by atoms with van der Waals surface area (Å²) in [6, 6.07) is 16.6. The lowest BCUT2D eigenvalue weighted by atomic mass is 9.79. The maximum atomic E-state index is 12.1. The second-order valence-corrected chi connectivity index (χ2v) is 8.27. The summed E-state index contributed by atoms with van der Waals surface area (Å²) >= 11 is 0. The molecule has 1 atom stereocenters. The number of rotatable bonds is 7. The number of benzene rings is 2. The van der Waals surface area contributed by atoms with Gasteiger partial charge in [0.15, 0.2) is 0 Å². The van der Waals surface area contributed by atoms with Crippen molar-refractivity contribution in [1.29, 1.82) is 0 Å². The van der Waals surface area contributed by atoms with Crippen molar-refractivity contribution < 1.29 is 14.3 Å². The number of esters is 1. The quantitative estimate of drug-likeness (QED) is 0.450. The summed E-state index contributed by atoms with van der Waals surface area (Å²) in [5.41, 5.74) is 6.63. The third kappa shape index (κ3) is 4.47. The van der Waals surface area contributed by atoms with E-state index in [2.05, 4.69) is 41.2 Å². The molecule has 0 saturated carbocycles. The minimum Gasteiger partial charge on any atom is -0.495 e. The van der Waals surface area contributed by atoms with Crippen LogP contribution in [0.1, 0.15) is 52.2 Å². The Morgan fingerprint density at radius 2 is 2.00 bits per heavy atom. The molecule has 0 amide bonds. The molecule has 0 radical (unpaired) electrons. The van der Waals surface area contributed by atoms with Gasteiger partial charge in [0.1, 0.15) is 5.75 Å². The molecule has 0 fully saturated rings. The van der Waals surface area contributed by atoms with Crippen molar-refractivity contribution in [2.24, 2.45) is 0 Å². The Kier molecular flexibility index (Phi) is 6.74. The highest BCUT2D eigenvalue weighted by Crippen LogP contribution is 2.39. The molecule has 0 saturated heterocycles. The monoisotopic (exact) mass is 430 g/mol. The summed E-state index contributed by atoms with van der Waals surface area (Å²) in [5, 5.41) is 0. The normalized spacial score (nSPS) is 15.0. The number of ether oxygens (including phenoxy) is 2. The lowest BCUT2D eigenvalue weighted by Crippen LogP contribution is -2.15. The number of fused-ring (bicyclic) bond motifs is 1. The molecule has 0 unspecified atom stereocenters. The molecule has 0 bridgehead atoms. The SMILES string of the molecule is COC(=O)c1ccncc1CC[C@@H]1CCCc2cc(N(C)c3ccccc3OC)ccc21. The van der Waals surface area contributed by atoms with Crippen LogP contribution in [0, 0.1) is 0 Å². The second-order valence-electron chi connectivity index (χ2n) is 8.27. The number of hydrogen-bond donors (Lipinski definition) is 0. The molecule has 1 aliphatic rings. The van der Waals surface area contributed by atoms with E-state index in [-0.39, 0.29) is 5.97 Å². The van der Waals surface area contributed by atoms with E-state index in [4.69, 9.17) is 9.47 Å². The topological polar surface area (TPSA) is 51.7 Å². The molecular formula is C27H30N2O3. The summed E-state index contributed by atoms with van der Waals surface area (Å²) in [5.74, 6) is 1.05. The molecular weight excluding hydrogens is 400 g/mol. The van der Waals surface area contributed by atoms with Crippen LogP contribution < -0.4 is 9.64 Å². The van der Waals surface area contributed by atoms with Gasteiger partial charge < -0.3 is 14.4 Å². The third-order valence-electron chi connectivity index (χ3n) is 6.47. The summed E-state index contributed by atoms with van der Waals surface area (Å²) < 4.78 is 10.5. The molecule has 0 N–H and O–H groups in total.